The zero-order valence-corrected chi connectivity index (χ0v) is 16.8. The number of aliphatic carboxylic acids is 1. The van der Waals surface area contributed by atoms with Crippen molar-refractivity contribution in [2.75, 3.05) is 12.3 Å². The van der Waals surface area contributed by atoms with Crippen LogP contribution in [0.4, 0.5) is 0 Å². The fourth-order valence-electron chi connectivity index (χ4n) is 2.09. The third-order valence-corrected chi connectivity index (χ3v) is 4.47. The van der Waals surface area contributed by atoms with Gasteiger partial charge in [0.15, 0.2) is 0 Å². The van der Waals surface area contributed by atoms with E-state index in [-0.39, 0.29) is 24.5 Å². The van der Waals surface area contributed by atoms with Crippen molar-refractivity contribution in [2.24, 2.45) is 17.4 Å². The summed E-state index contributed by atoms with van der Waals surface area (Å²) < 4.78 is 0. The predicted molar refractivity (Wildman–Crippen MR) is 104 cm³/mol. The van der Waals surface area contributed by atoms with Crippen molar-refractivity contribution in [1.82, 2.24) is 16.0 Å². The van der Waals surface area contributed by atoms with Gasteiger partial charge in [0.05, 0.1) is 6.04 Å². The fourth-order valence-corrected chi connectivity index (χ4v) is 2.35. The highest BCUT2D eigenvalue weighted by atomic mass is 32.1. The molecular weight excluding hydrogens is 390 g/mol. The highest BCUT2D eigenvalue weighted by Crippen LogP contribution is 2.06. The highest BCUT2D eigenvalue weighted by Gasteiger charge is 2.28. The van der Waals surface area contributed by atoms with E-state index in [4.69, 9.17) is 16.6 Å². The van der Waals surface area contributed by atoms with E-state index in [1.54, 1.807) is 6.92 Å². The van der Waals surface area contributed by atoms with Crippen molar-refractivity contribution < 1.29 is 29.1 Å². The Balaban J connectivity index is 5.06. The highest BCUT2D eigenvalue weighted by molar-refractivity contribution is 7.80. The second-order valence-electron chi connectivity index (χ2n) is 6.33. The van der Waals surface area contributed by atoms with E-state index in [0.717, 1.165) is 0 Å². The van der Waals surface area contributed by atoms with Crippen LogP contribution in [-0.4, -0.2) is 65.1 Å². The molecule has 160 valence electrons. The molecule has 28 heavy (non-hydrogen) atoms. The molecule has 0 aromatic carbocycles. The summed E-state index contributed by atoms with van der Waals surface area (Å²) in [6.07, 6.45) is 0.333. The van der Waals surface area contributed by atoms with Crippen molar-refractivity contribution in [2.45, 2.75) is 51.2 Å². The van der Waals surface area contributed by atoms with Gasteiger partial charge in [0.1, 0.15) is 18.6 Å². The largest absolute Gasteiger partial charge is 0.480 e. The van der Waals surface area contributed by atoms with Crippen LogP contribution in [0.15, 0.2) is 0 Å². The molecule has 12 heteroatoms. The van der Waals surface area contributed by atoms with E-state index in [1.165, 1.54) is 0 Å². The van der Waals surface area contributed by atoms with Gasteiger partial charge in [-0.05, 0) is 12.3 Å². The summed E-state index contributed by atoms with van der Waals surface area (Å²) in [4.78, 5) is 58.3. The Kier molecular flexibility index (Phi) is 11.9. The van der Waals surface area contributed by atoms with Crippen LogP contribution in [0.5, 0.6) is 0 Å². The van der Waals surface area contributed by atoms with Crippen LogP contribution >= 0.6 is 12.6 Å². The standard InChI is InChI=1S/C16H29N5O6S/c1-3-8(2)13(18)16(27)21-10(7-28)15(26)20-9(4-5-11(17)22)14(25)19-6-12(23)24/h8-10,13,28H,3-7,18H2,1-2H3,(H2,17,22)(H,19,25)(H,20,26)(H,21,27)(H,23,24). The van der Waals surface area contributed by atoms with Crippen LogP contribution in [0.2, 0.25) is 0 Å². The van der Waals surface area contributed by atoms with Crippen LogP contribution in [0.3, 0.4) is 0 Å². The molecule has 0 aliphatic heterocycles. The van der Waals surface area contributed by atoms with Crippen molar-refractivity contribution in [1.29, 1.82) is 0 Å². The number of amides is 4. The average molecular weight is 420 g/mol. The van der Waals surface area contributed by atoms with Gasteiger partial charge in [-0.3, -0.25) is 24.0 Å². The third kappa shape index (κ3) is 9.55. The lowest BCUT2D eigenvalue weighted by Crippen LogP contribution is -2.57. The maximum absolute atomic E-state index is 12.4. The summed E-state index contributed by atoms with van der Waals surface area (Å²) in [7, 11) is 0. The van der Waals surface area contributed by atoms with Crippen molar-refractivity contribution in [3.8, 4) is 0 Å². The molecule has 0 saturated carbocycles. The smallest absolute Gasteiger partial charge is 0.322 e. The van der Waals surface area contributed by atoms with E-state index >= 15 is 0 Å². The number of carbonyl (C=O) groups excluding carboxylic acids is 4. The van der Waals surface area contributed by atoms with E-state index in [1.807, 2.05) is 6.92 Å². The second-order valence-corrected chi connectivity index (χ2v) is 6.70. The third-order valence-electron chi connectivity index (χ3n) is 4.10. The van der Waals surface area contributed by atoms with Crippen LogP contribution in [0.25, 0.3) is 0 Å². The lowest BCUT2D eigenvalue weighted by atomic mass is 9.99. The molecule has 0 aliphatic carbocycles. The molecule has 0 aromatic heterocycles. The Bertz CT molecular complexity index is 588. The summed E-state index contributed by atoms with van der Waals surface area (Å²) in [5.41, 5.74) is 10.9. The minimum absolute atomic E-state index is 0.0654. The molecule has 0 rings (SSSR count). The zero-order valence-electron chi connectivity index (χ0n) is 15.9. The first-order valence-electron chi connectivity index (χ1n) is 8.78. The minimum atomic E-state index is -1.27. The van der Waals surface area contributed by atoms with Gasteiger partial charge < -0.3 is 32.5 Å². The van der Waals surface area contributed by atoms with Crippen molar-refractivity contribution >= 4 is 42.2 Å². The van der Waals surface area contributed by atoms with Gasteiger partial charge in [-0.2, -0.15) is 12.6 Å². The van der Waals surface area contributed by atoms with Crippen molar-refractivity contribution in [3.63, 3.8) is 0 Å². The lowest BCUT2D eigenvalue weighted by molar-refractivity contribution is -0.138. The number of nitrogens with two attached hydrogens (primary N) is 2. The van der Waals surface area contributed by atoms with Gasteiger partial charge in [-0.15, -0.1) is 0 Å². The number of rotatable bonds is 13. The number of nitrogens with one attached hydrogen (secondary N) is 3. The number of carboxylic acids is 1. The summed E-state index contributed by atoms with van der Waals surface area (Å²) >= 11 is 4.03. The van der Waals surface area contributed by atoms with Gasteiger partial charge in [-0.25, -0.2) is 0 Å². The number of hydrogen-bond donors (Lipinski definition) is 7. The van der Waals surface area contributed by atoms with Gasteiger partial charge >= 0.3 is 5.97 Å². The molecule has 0 saturated heterocycles. The van der Waals surface area contributed by atoms with Crippen molar-refractivity contribution in [3.05, 3.63) is 0 Å². The number of carbonyl (C=O) groups is 5. The van der Waals surface area contributed by atoms with Crippen LogP contribution in [-0.2, 0) is 24.0 Å². The molecule has 0 aromatic rings. The lowest BCUT2D eigenvalue weighted by Gasteiger charge is -2.24. The molecule has 0 fully saturated rings. The Hall–Kier alpha value is -2.34. The zero-order chi connectivity index (χ0) is 21.9. The number of thiol groups is 1. The molecule has 0 radical (unpaired) electrons. The second kappa shape index (κ2) is 12.9. The normalized spacial score (nSPS) is 14.9. The molecule has 4 atom stereocenters. The summed E-state index contributed by atoms with van der Waals surface area (Å²) in [5.74, 6) is -4.18. The number of primary amides is 1. The van der Waals surface area contributed by atoms with Crippen LogP contribution in [0, 0.1) is 5.92 Å². The predicted octanol–water partition coefficient (Wildman–Crippen LogP) is -2.27. The van der Waals surface area contributed by atoms with Gasteiger partial charge in [-0.1, -0.05) is 20.3 Å². The number of carboxylic acid groups (broad SMARTS) is 1. The first-order valence-corrected chi connectivity index (χ1v) is 9.41. The Morgan fingerprint density at radius 1 is 1.04 bits per heavy atom. The molecule has 0 heterocycles. The molecule has 0 aliphatic rings. The Morgan fingerprint density at radius 2 is 1.61 bits per heavy atom. The Labute approximate surface area is 168 Å². The topological polar surface area (TPSA) is 194 Å². The summed E-state index contributed by atoms with van der Waals surface area (Å²) in [6.45, 7) is 3.02. The quantitative estimate of drug-likeness (QED) is 0.163. The molecular formula is C16H29N5O6S. The summed E-state index contributed by atoms with van der Waals surface area (Å²) in [6, 6.07) is -3.10. The number of hydrogen-bond acceptors (Lipinski definition) is 7. The van der Waals surface area contributed by atoms with E-state index in [0.29, 0.717) is 6.42 Å². The molecule has 11 nitrogen and oxygen atoms in total. The first-order chi connectivity index (χ1) is 13.0. The van der Waals surface area contributed by atoms with E-state index in [2.05, 4.69) is 28.6 Å². The monoisotopic (exact) mass is 419 g/mol. The van der Waals surface area contributed by atoms with Gasteiger partial charge in [0, 0.05) is 12.2 Å². The summed E-state index contributed by atoms with van der Waals surface area (Å²) in [5, 5.41) is 15.6. The molecule has 0 spiro atoms. The minimum Gasteiger partial charge on any atom is -0.480 e. The molecule has 4 amide bonds. The van der Waals surface area contributed by atoms with Crippen LogP contribution < -0.4 is 27.4 Å². The van der Waals surface area contributed by atoms with Gasteiger partial charge in [0.2, 0.25) is 23.6 Å². The molecule has 0 bridgehead atoms. The Morgan fingerprint density at radius 3 is 2.07 bits per heavy atom. The average Bonchev–Trinajstić information content (AvgIpc) is 2.65. The van der Waals surface area contributed by atoms with Gasteiger partial charge in [0.25, 0.3) is 0 Å². The fraction of sp³-hybridized carbons (Fsp3) is 0.688. The molecule has 8 N–H and O–H groups in total. The first kappa shape index (κ1) is 25.7. The van der Waals surface area contributed by atoms with E-state index < -0.39 is 54.3 Å². The SMILES string of the molecule is CCC(C)C(N)C(=O)NC(CS)C(=O)NC(CCC(N)=O)C(=O)NCC(=O)O. The van der Waals surface area contributed by atoms with Crippen LogP contribution in [0.1, 0.15) is 33.1 Å². The van der Waals surface area contributed by atoms with E-state index in [9.17, 15) is 24.0 Å². The molecule has 4 unspecified atom stereocenters. The maximum atomic E-state index is 12.4. The maximum Gasteiger partial charge on any atom is 0.322 e.